The maximum absolute atomic E-state index is 6.13. The summed E-state index contributed by atoms with van der Waals surface area (Å²) < 4.78 is 12.0. The van der Waals surface area contributed by atoms with Gasteiger partial charge in [0.2, 0.25) is 11.8 Å². The molecular formula is C30H34N2O2. The van der Waals surface area contributed by atoms with E-state index in [9.17, 15) is 0 Å². The Kier molecular flexibility index (Phi) is 8.13. The minimum absolute atomic E-state index is 0.508. The molecule has 0 aliphatic heterocycles. The van der Waals surface area contributed by atoms with Crippen LogP contribution in [0.4, 0.5) is 0 Å². The summed E-state index contributed by atoms with van der Waals surface area (Å²) in [5.41, 5.74) is 6.43. The van der Waals surface area contributed by atoms with Gasteiger partial charge in [-0.1, -0.05) is 86.6 Å². The van der Waals surface area contributed by atoms with E-state index < -0.39 is 0 Å². The quantitative estimate of drug-likeness (QED) is 0.213. The van der Waals surface area contributed by atoms with Crippen LogP contribution in [0.5, 0.6) is 5.75 Å². The van der Waals surface area contributed by atoms with Gasteiger partial charge in [-0.25, -0.2) is 0 Å². The van der Waals surface area contributed by atoms with Crippen LogP contribution in [0.15, 0.2) is 71.1 Å². The van der Waals surface area contributed by atoms with E-state index in [4.69, 9.17) is 9.15 Å². The van der Waals surface area contributed by atoms with Gasteiger partial charge in [-0.15, -0.1) is 10.2 Å². The van der Waals surface area contributed by atoms with Crippen LogP contribution in [0, 0.1) is 13.8 Å². The van der Waals surface area contributed by atoms with Crippen LogP contribution in [-0.4, -0.2) is 16.8 Å². The molecule has 0 saturated carbocycles. The van der Waals surface area contributed by atoms with Crippen molar-refractivity contribution in [1.29, 1.82) is 0 Å². The summed E-state index contributed by atoms with van der Waals surface area (Å²) in [6.07, 6.45) is 7.55. The van der Waals surface area contributed by atoms with Gasteiger partial charge in [-0.3, -0.25) is 0 Å². The van der Waals surface area contributed by atoms with Crippen LogP contribution in [0.2, 0.25) is 0 Å². The second kappa shape index (κ2) is 11.6. The number of hydrogen-bond donors (Lipinski definition) is 0. The predicted octanol–water partition coefficient (Wildman–Crippen LogP) is 8.43. The Morgan fingerprint density at radius 1 is 0.676 bits per heavy atom. The SMILES string of the molecule is CCCCCCCCOc1ccc(-c2nnc(-c3cc(C)ccc3-c3cccc(C)c3)o2)cc1. The number of aryl methyl sites for hydroxylation is 2. The summed E-state index contributed by atoms with van der Waals surface area (Å²) >= 11 is 0. The summed E-state index contributed by atoms with van der Waals surface area (Å²) in [6, 6.07) is 22.7. The first-order valence-corrected chi connectivity index (χ1v) is 12.4. The first kappa shape index (κ1) is 23.7. The van der Waals surface area contributed by atoms with Crippen molar-refractivity contribution in [2.45, 2.75) is 59.3 Å². The van der Waals surface area contributed by atoms with Gasteiger partial charge in [0.05, 0.1) is 6.61 Å². The summed E-state index contributed by atoms with van der Waals surface area (Å²) in [5.74, 6) is 1.91. The van der Waals surface area contributed by atoms with Gasteiger partial charge in [0, 0.05) is 11.1 Å². The Labute approximate surface area is 203 Å². The minimum atomic E-state index is 0.508. The summed E-state index contributed by atoms with van der Waals surface area (Å²) in [4.78, 5) is 0. The topological polar surface area (TPSA) is 48.2 Å². The third-order valence-electron chi connectivity index (χ3n) is 6.03. The van der Waals surface area contributed by atoms with E-state index in [-0.39, 0.29) is 0 Å². The van der Waals surface area contributed by atoms with Crippen molar-refractivity contribution in [3.8, 4) is 39.8 Å². The van der Waals surface area contributed by atoms with Gasteiger partial charge < -0.3 is 9.15 Å². The molecule has 0 saturated heterocycles. The number of ether oxygens (including phenoxy) is 1. The molecule has 1 aromatic heterocycles. The molecular weight excluding hydrogens is 420 g/mol. The zero-order valence-electron chi connectivity index (χ0n) is 20.5. The van der Waals surface area contributed by atoms with Crippen LogP contribution in [0.3, 0.4) is 0 Å². The molecule has 1 heterocycles. The van der Waals surface area contributed by atoms with Crippen molar-refractivity contribution in [1.82, 2.24) is 10.2 Å². The molecule has 0 amide bonds. The second-order valence-electron chi connectivity index (χ2n) is 8.97. The third-order valence-corrected chi connectivity index (χ3v) is 6.03. The van der Waals surface area contributed by atoms with Gasteiger partial charge in [0.15, 0.2) is 0 Å². The Morgan fingerprint density at radius 3 is 2.21 bits per heavy atom. The molecule has 0 N–H and O–H groups in total. The lowest BCUT2D eigenvalue weighted by atomic mass is 9.96. The number of nitrogens with zero attached hydrogens (tertiary/aromatic N) is 2. The van der Waals surface area contributed by atoms with Crippen molar-refractivity contribution in [2.24, 2.45) is 0 Å². The average Bonchev–Trinajstić information content (AvgIpc) is 3.34. The Morgan fingerprint density at radius 2 is 1.41 bits per heavy atom. The molecule has 3 aromatic carbocycles. The van der Waals surface area contributed by atoms with Gasteiger partial charge in [0.25, 0.3) is 0 Å². The van der Waals surface area contributed by atoms with E-state index in [1.807, 2.05) is 24.3 Å². The molecule has 0 spiro atoms. The Balaban J connectivity index is 1.44. The molecule has 0 bridgehead atoms. The molecule has 0 fully saturated rings. The zero-order valence-corrected chi connectivity index (χ0v) is 20.5. The molecule has 0 atom stereocenters. The molecule has 34 heavy (non-hydrogen) atoms. The molecule has 0 unspecified atom stereocenters. The van der Waals surface area contributed by atoms with Gasteiger partial charge >= 0.3 is 0 Å². The van der Waals surface area contributed by atoms with E-state index in [0.29, 0.717) is 11.8 Å². The highest BCUT2D eigenvalue weighted by Crippen LogP contribution is 2.34. The van der Waals surface area contributed by atoms with Crippen LogP contribution in [0.1, 0.15) is 56.6 Å². The normalized spacial score (nSPS) is 11.0. The molecule has 0 aliphatic carbocycles. The second-order valence-corrected chi connectivity index (χ2v) is 8.97. The molecule has 0 radical (unpaired) electrons. The van der Waals surface area contributed by atoms with Gasteiger partial charge in [-0.05, 0) is 61.7 Å². The highest BCUT2D eigenvalue weighted by molar-refractivity contribution is 5.81. The number of hydrogen-bond acceptors (Lipinski definition) is 4. The largest absolute Gasteiger partial charge is 0.494 e. The molecule has 4 rings (SSSR count). The first-order valence-electron chi connectivity index (χ1n) is 12.4. The van der Waals surface area contributed by atoms with E-state index in [1.54, 1.807) is 0 Å². The predicted molar refractivity (Wildman–Crippen MR) is 139 cm³/mol. The average molecular weight is 455 g/mol. The van der Waals surface area contributed by atoms with Crippen LogP contribution in [-0.2, 0) is 0 Å². The van der Waals surface area contributed by atoms with E-state index >= 15 is 0 Å². The number of unbranched alkanes of at least 4 members (excludes halogenated alkanes) is 5. The molecule has 0 aliphatic rings. The van der Waals surface area contributed by atoms with Gasteiger partial charge in [0.1, 0.15) is 5.75 Å². The lowest BCUT2D eigenvalue weighted by Gasteiger charge is -2.09. The molecule has 4 nitrogen and oxygen atoms in total. The summed E-state index contributed by atoms with van der Waals surface area (Å²) in [6.45, 7) is 7.17. The fourth-order valence-electron chi connectivity index (χ4n) is 4.11. The van der Waals surface area contributed by atoms with Crippen LogP contribution < -0.4 is 4.74 Å². The number of aromatic nitrogens is 2. The van der Waals surface area contributed by atoms with Crippen molar-refractivity contribution in [3.63, 3.8) is 0 Å². The van der Waals surface area contributed by atoms with Crippen LogP contribution in [0.25, 0.3) is 34.0 Å². The molecule has 176 valence electrons. The smallest absolute Gasteiger partial charge is 0.248 e. The Hall–Kier alpha value is -3.40. The van der Waals surface area contributed by atoms with Crippen molar-refractivity contribution >= 4 is 0 Å². The van der Waals surface area contributed by atoms with Crippen molar-refractivity contribution < 1.29 is 9.15 Å². The lowest BCUT2D eigenvalue weighted by molar-refractivity contribution is 0.304. The van der Waals surface area contributed by atoms with E-state index in [1.165, 1.54) is 37.7 Å². The summed E-state index contributed by atoms with van der Waals surface area (Å²) in [7, 11) is 0. The third kappa shape index (κ3) is 6.13. The molecule has 4 heteroatoms. The summed E-state index contributed by atoms with van der Waals surface area (Å²) in [5, 5.41) is 8.71. The lowest BCUT2D eigenvalue weighted by Crippen LogP contribution is -1.97. The number of rotatable bonds is 11. The molecule has 4 aromatic rings. The fourth-order valence-corrected chi connectivity index (χ4v) is 4.11. The highest BCUT2D eigenvalue weighted by Gasteiger charge is 2.16. The van der Waals surface area contributed by atoms with Crippen molar-refractivity contribution in [3.05, 3.63) is 77.9 Å². The van der Waals surface area contributed by atoms with Gasteiger partial charge in [-0.2, -0.15) is 0 Å². The fraction of sp³-hybridized carbons (Fsp3) is 0.333. The minimum Gasteiger partial charge on any atom is -0.494 e. The first-order chi connectivity index (χ1) is 16.6. The monoisotopic (exact) mass is 454 g/mol. The van der Waals surface area contributed by atoms with E-state index in [2.05, 4.69) is 73.4 Å². The standard InChI is InChI=1S/C30H34N2O2/c1-4-5-6-7-8-9-19-33-26-16-14-24(15-17-26)29-31-32-30(34-29)28-21-23(3)13-18-27(28)25-12-10-11-22(2)20-25/h10-18,20-21H,4-9,19H2,1-3H3. The van der Waals surface area contributed by atoms with Crippen LogP contribution >= 0.6 is 0 Å². The Bertz CT molecular complexity index is 1190. The maximum atomic E-state index is 6.13. The zero-order chi connectivity index (χ0) is 23.8. The highest BCUT2D eigenvalue weighted by atomic mass is 16.5. The van der Waals surface area contributed by atoms with E-state index in [0.717, 1.165) is 46.6 Å². The van der Waals surface area contributed by atoms with Crippen molar-refractivity contribution in [2.75, 3.05) is 6.61 Å². The maximum Gasteiger partial charge on any atom is 0.248 e. The number of benzene rings is 3.